The van der Waals surface area contributed by atoms with Crippen LogP contribution in [-0.4, -0.2) is 25.5 Å². The molecule has 5 heteroatoms. The van der Waals surface area contributed by atoms with E-state index in [-0.39, 0.29) is 11.8 Å². The van der Waals surface area contributed by atoms with Gasteiger partial charge < -0.3 is 10.1 Å². The second kappa shape index (κ2) is 4.87. The molecule has 0 saturated carbocycles. The summed E-state index contributed by atoms with van der Waals surface area (Å²) in [4.78, 5) is 23.2. The summed E-state index contributed by atoms with van der Waals surface area (Å²) in [7, 11) is 1.30. The maximum atomic E-state index is 11.6. The van der Waals surface area contributed by atoms with Crippen LogP contribution in [-0.2, 0) is 14.3 Å². The lowest BCUT2D eigenvalue weighted by Gasteiger charge is -2.14. The molecule has 1 aliphatic heterocycles. The van der Waals surface area contributed by atoms with E-state index in [9.17, 15) is 9.59 Å². The van der Waals surface area contributed by atoms with Crippen LogP contribution in [0.25, 0.3) is 0 Å². The Kier molecular flexibility index (Phi) is 3.47. The Morgan fingerprint density at radius 2 is 2.06 bits per heavy atom. The number of nitrogens with one attached hydrogen (secondary N) is 1. The maximum Gasteiger partial charge on any atom is 0.318 e. The second-order valence-electron chi connectivity index (χ2n) is 3.90. The van der Waals surface area contributed by atoms with Gasteiger partial charge in [-0.1, -0.05) is 28.1 Å². The molecule has 4 nitrogen and oxygen atoms in total. The summed E-state index contributed by atoms with van der Waals surface area (Å²) < 4.78 is 5.64. The largest absolute Gasteiger partial charge is 0.468 e. The van der Waals surface area contributed by atoms with Gasteiger partial charge in [0, 0.05) is 16.9 Å². The first kappa shape index (κ1) is 12.1. The Morgan fingerprint density at radius 1 is 1.41 bits per heavy atom. The highest BCUT2D eigenvalue weighted by Crippen LogP contribution is 2.30. The van der Waals surface area contributed by atoms with Crippen LogP contribution in [0.3, 0.4) is 0 Å². The van der Waals surface area contributed by atoms with Gasteiger partial charge in [0.15, 0.2) is 0 Å². The fourth-order valence-corrected chi connectivity index (χ4v) is 2.30. The number of methoxy groups -OCH3 is 1. The van der Waals surface area contributed by atoms with Gasteiger partial charge in [-0.25, -0.2) is 0 Å². The summed E-state index contributed by atoms with van der Waals surface area (Å²) in [5.74, 6) is -1.62. The van der Waals surface area contributed by atoms with Crippen molar-refractivity contribution in [2.24, 2.45) is 5.92 Å². The van der Waals surface area contributed by atoms with Crippen molar-refractivity contribution in [1.82, 2.24) is 5.32 Å². The lowest BCUT2D eigenvalue weighted by atomic mass is 9.89. The van der Waals surface area contributed by atoms with Gasteiger partial charge in [-0.05, 0) is 17.7 Å². The predicted octanol–water partition coefficient (Wildman–Crippen LogP) is 1.45. The average molecular weight is 298 g/mol. The summed E-state index contributed by atoms with van der Waals surface area (Å²) in [6.07, 6.45) is 0. The number of amides is 1. The topological polar surface area (TPSA) is 55.4 Å². The second-order valence-corrected chi connectivity index (χ2v) is 4.82. The number of carbonyl (C=O) groups excluding carboxylic acids is 2. The van der Waals surface area contributed by atoms with Crippen LogP contribution in [0.4, 0.5) is 0 Å². The highest BCUT2D eigenvalue weighted by molar-refractivity contribution is 9.10. The first-order valence-electron chi connectivity index (χ1n) is 5.24. The van der Waals surface area contributed by atoms with Crippen LogP contribution in [0, 0.1) is 5.92 Å². The van der Waals surface area contributed by atoms with Gasteiger partial charge in [-0.15, -0.1) is 0 Å². The molecule has 17 heavy (non-hydrogen) atoms. The number of benzene rings is 1. The van der Waals surface area contributed by atoms with Crippen LogP contribution in [0.5, 0.6) is 0 Å². The zero-order valence-electron chi connectivity index (χ0n) is 9.27. The number of esters is 1. The van der Waals surface area contributed by atoms with E-state index in [2.05, 4.69) is 26.0 Å². The van der Waals surface area contributed by atoms with Crippen LogP contribution in [0.1, 0.15) is 11.5 Å². The van der Waals surface area contributed by atoms with Gasteiger partial charge >= 0.3 is 5.97 Å². The molecule has 0 unspecified atom stereocenters. The van der Waals surface area contributed by atoms with Crippen molar-refractivity contribution in [3.8, 4) is 0 Å². The van der Waals surface area contributed by atoms with Gasteiger partial charge in [0.2, 0.25) is 5.91 Å². The normalized spacial score (nSPS) is 23.3. The Hall–Kier alpha value is -1.36. The van der Waals surface area contributed by atoms with Gasteiger partial charge in [0.1, 0.15) is 5.92 Å². The van der Waals surface area contributed by atoms with E-state index in [1.54, 1.807) is 0 Å². The molecule has 2 rings (SSSR count). The van der Waals surface area contributed by atoms with Crippen molar-refractivity contribution in [1.29, 1.82) is 0 Å². The van der Waals surface area contributed by atoms with Crippen molar-refractivity contribution < 1.29 is 14.3 Å². The molecule has 1 saturated heterocycles. The fourth-order valence-electron chi connectivity index (χ4n) is 2.04. The molecular formula is C12H12BrNO3. The molecule has 1 aliphatic rings. The smallest absolute Gasteiger partial charge is 0.318 e. The summed E-state index contributed by atoms with van der Waals surface area (Å²) in [6.45, 7) is 0.472. The third kappa shape index (κ3) is 2.34. The molecule has 90 valence electrons. The van der Waals surface area contributed by atoms with Gasteiger partial charge in [0.05, 0.1) is 7.11 Å². The lowest BCUT2D eigenvalue weighted by Crippen LogP contribution is -2.28. The predicted molar refractivity (Wildman–Crippen MR) is 65.4 cm³/mol. The number of halogens is 1. The van der Waals surface area contributed by atoms with E-state index >= 15 is 0 Å². The summed E-state index contributed by atoms with van der Waals surface area (Å²) >= 11 is 3.35. The van der Waals surface area contributed by atoms with Crippen LogP contribution in [0.2, 0.25) is 0 Å². The molecular weight excluding hydrogens is 286 g/mol. The van der Waals surface area contributed by atoms with Crippen molar-refractivity contribution >= 4 is 27.8 Å². The molecule has 0 bridgehead atoms. The van der Waals surface area contributed by atoms with Crippen molar-refractivity contribution in [3.63, 3.8) is 0 Å². The minimum Gasteiger partial charge on any atom is -0.468 e. The molecule has 1 N–H and O–H groups in total. The van der Waals surface area contributed by atoms with Gasteiger partial charge in [-0.2, -0.15) is 0 Å². The van der Waals surface area contributed by atoms with Crippen molar-refractivity contribution in [3.05, 3.63) is 34.3 Å². The van der Waals surface area contributed by atoms with Crippen LogP contribution >= 0.6 is 15.9 Å². The van der Waals surface area contributed by atoms with E-state index < -0.39 is 11.9 Å². The highest BCUT2D eigenvalue weighted by atomic mass is 79.9. The Labute approximate surface area is 107 Å². The molecule has 0 aromatic heterocycles. The Morgan fingerprint density at radius 3 is 2.65 bits per heavy atom. The third-order valence-electron chi connectivity index (χ3n) is 2.93. The molecule has 2 atom stereocenters. The fraction of sp³-hybridized carbons (Fsp3) is 0.333. The number of carbonyl (C=O) groups is 2. The number of ether oxygens (including phenoxy) is 1. The van der Waals surface area contributed by atoms with Gasteiger partial charge in [0.25, 0.3) is 0 Å². The first-order valence-corrected chi connectivity index (χ1v) is 6.04. The lowest BCUT2D eigenvalue weighted by molar-refractivity contribution is -0.149. The summed E-state index contributed by atoms with van der Waals surface area (Å²) in [5.41, 5.74) is 0.960. The van der Waals surface area contributed by atoms with E-state index in [1.165, 1.54) is 7.11 Å². The van der Waals surface area contributed by atoms with Crippen LogP contribution < -0.4 is 5.32 Å². The van der Waals surface area contributed by atoms with E-state index in [0.717, 1.165) is 10.0 Å². The quantitative estimate of drug-likeness (QED) is 0.664. The van der Waals surface area contributed by atoms with Crippen LogP contribution in [0.15, 0.2) is 28.7 Å². The number of hydrogen-bond donors (Lipinski definition) is 1. The van der Waals surface area contributed by atoms with E-state index in [4.69, 9.17) is 0 Å². The molecule has 0 radical (unpaired) electrons. The number of hydrogen-bond acceptors (Lipinski definition) is 3. The molecule has 1 aromatic rings. The summed E-state index contributed by atoms with van der Waals surface area (Å²) in [6, 6.07) is 7.61. The van der Waals surface area contributed by atoms with E-state index in [1.807, 2.05) is 24.3 Å². The van der Waals surface area contributed by atoms with Gasteiger partial charge in [-0.3, -0.25) is 9.59 Å². The highest BCUT2D eigenvalue weighted by Gasteiger charge is 2.41. The monoisotopic (exact) mass is 297 g/mol. The summed E-state index contributed by atoms with van der Waals surface area (Å²) in [5, 5.41) is 2.70. The Bertz CT molecular complexity index is 444. The molecule has 1 aromatic carbocycles. The molecule has 0 spiro atoms. The van der Waals surface area contributed by atoms with E-state index in [0.29, 0.717) is 6.54 Å². The third-order valence-corrected chi connectivity index (χ3v) is 3.46. The Balaban J connectivity index is 2.28. The standard InChI is InChI=1S/C12H12BrNO3/c1-17-12(16)10-9(6-14-11(10)15)7-2-4-8(13)5-3-7/h2-5,9-10H,6H2,1H3,(H,14,15)/t9-,10-/m0/s1. The van der Waals surface area contributed by atoms with Crippen molar-refractivity contribution in [2.45, 2.75) is 5.92 Å². The molecule has 0 aliphatic carbocycles. The minimum atomic E-state index is -0.735. The zero-order chi connectivity index (χ0) is 12.4. The first-order chi connectivity index (χ1) is 8.13. The molecule has 1 amide bonds. The average Bonchev–Trinajstić information content (AvgIpc) is 2.71. The maximum absolute atomic E-state index is 11.6. The molecule has 1 fully saturated rings. The van der Waals surface area contributed by atoms with Crippen molar-refractivity contribution in [2.75, 3.05) is 13.7 Å². The minimum absolute atomic E-state index is 0.150. The molecule has 1 heterocycles. The number of rotatable bonds is 2. The zero-order valence-corrected chi connectivity index (χ0v) is 10.9. The SMILES string of the molecule is COC(=O)[C@@H]1C(=O)NC[C@H]1c1ccc(Br)cc1.